The lowest BCUT2D eigenvalue weighted by molar-refractivity contribution is -0.459. The van der Waals surface area contributed by atoms with E-state index in [9.17, 15) is 9.59 Å². The SMILES string of the molecule is CC(C)=CCC[C@@H](C)/C=C/C=C(\C)C(=O)NC(=NCCCC[NH+]=C(N)N)NC(=O)/C(C)=C/C=C/[C@H](C)CCC=C(C)C.[Cl-]. The molecule has 7 N–H and O–H groups in total. The number of hydrogen-bond donors (Lipinski definition) is 5. The highest BCUT2D eigenvalue weighted by atomic mass is 35.5. The first-order valence-electron chi connectivity index (χ1n) is 15.1. The molecular weight excluding hydrogens is 560 g/mol. The highest BCUT2D eigenvalue weighted by Gasteiger charge is 2.12. The summed E-state index contributed by atoms with van der Waals surface area (Å²) in [5.41, 5.74) is 14.5. The predicted octanol–water partition coefficient (Wildman–Crippen LogP) is 1.48. The van der Waals surface area contributed by atoms with Gasteiger partial charge in [-0.1, -0.05) is 73.6 Å². The third kappa shape index (κ3) is 24.9. The van der Waals surface area contributed by atoms with Crippen molar-refractivity contribution in [3.63, 3.8) is 0 Å². The van der Waals surface area contributed by atoms with Crippen molar-refractivity contribution in [3.8, 4) is 0 Å². The van der Waals surface area contributed by atoms with Gasteiger partial charge in [-0.2, -0.15) is 0 Å². The van der Waals surface area contributed by atoms with E-state index in [1.165, 1.54) is 11.1 Å². The molecule has 0 aromatic carbocycles. The Morgan fingerprint density at radius 1 is 0.767 bits per heavy atom. The smallest absolute Gasteiger partial charge is 0.338 e. The molecule has 0 bridgehead atoms. The first-order chi connectivity index (χ1) is 19.8. The second kappa shape index (κ2) is 25.1. The normalized spacial score (nSPS) is 13.0. The minimum atomic E-state index is -0.324. The number of allylic oxidation sites excluding steroid dienone is 10. The predicted molar refractivity (Wildman–Crippen MR) is 178 cm³/mol. The maximum atomic E-state index is 12.9. The van der Waals surface area contributed by atoms with Gasteiger partial charge in [0.2, 0.25) is 5.96 Å². The van der Waals surface area contributed by atoms with Gasteiger partial charge in [-0.3, -0.25) is 41.7 Å². The highest BCUT2D eigenvalue weighted by molar-refractivity contribution is 6.12. The number of carbonyl (C=O) groups is 2. The fourth-order valence-electron chi connectivity index (χ4n) is 3.58. The van der Waals surface area contributed by atoms with Gasteiger partial charge in [0.1, 0.15) is 0 Å². The van der Waals surface area contributed by atoms with Crippen molar-refractivity contribution >= 4 is 23.7 Å². The number of hydrogen-bond acceptors (Lipinski definition) is 3. The summed E-state index contributed by atoms with van der Waals surface area (Å²) in [6.07, 6.45) is 21.7. The summed E-state index contributed by atoms with van der Waals surface area (Å²) in [5, 5.41) is 5.52. The summed E-state index contributed by atoms with van der Waals surface area (Å²) < 4.78 is 0. The van der Waals surface area contributed by atoms with Crippen LogP contribution in [0.2, 0.25) is 0 Å². The average molecular weight is 617 g/mol. The number of halogens is 1. The van der Waals surface area contributed by atoms with E-state index in [1.54, 1.807) is 26.0 Å². The molecule has 0 aromatic rings. The summed E-state index contributed by atoms with van der Waals surface area (Å²) >= 11 is 0. The molecule has 0 rings (SSSR count). The van der Waals surface area contributed by atoms with Gasteiger partial charge >= 0.3 is 5.96 Å². The van der Waals surface area contributed by atoms with E-state index >= 15 is 0 Å². The zero-order valence-corrected chi connectivity index (χ0v) is 28.5. The number of aliphatic imine (C=N–C) groups is 1. The molecule has 0 heterocycles. The number of carbonyl (C=O) groups excluding carboxylic acids is 2. The van der Waals surface area contributed by atoms with Crippen LogP contribution >= 0.6 is 0 Å². The zero-order chi connectivity index (χ0) is 31.9. The van der Waals surface area contributed by atoms with Crippen LogP contribution < -0.4 is 39.5 Å². The maximum Gasteiger partial charge on any atom is 0.338 e. The molecule has 0 saturated heterocycles. The Hall–Kier alpha value is -3.39. The monoisotopic (exact) mass is 616 g/mol. The van der Waals surface area contributed by atoms with Crippen molar-refractivity contribution in [2.75, 3.05) is 13.1 Å². The average Bonchev–Trinajstić information content (AvgIpc) is 2.89. The Morgan fingerprint density at radius 2 is 1.21 bits per heavy atom. The fourth-order valence-corrected chi connectivity index (χ4v) is 3.58. The molecule has 0 unspecified atom stereocenters. The van der Waals surface area contributed by atoms with E-state index in [1.807, 2.05) is 12.2 Å². The van der Waals surface area contributed by atoms with Crippen molar-refractivity contribution in [2.24, 2.45) is 28.3 Å². The molecule has 0 fully saturated rings. The fraction of sp³-hybridized carbons (Fsp3) is 0.529. The Labute approximate surface area is 267 Å². The van der Waals surface area contributed by atoms with Crippen molar-refractivity contribution in [2.45, 2.75) is 93.9 Å². The molecule has 2 atom stereocenters. The maximum absolute atomic E-state index is 12.9. The van der Waals surface area contributed by atoms with Gasteiger partial charge in [-0.25, -0.2) is 0 Å². The molecular formula is C34H57ClN6O2. The lowest BCUT2D eigenvalue weighted by Crippen LogP contribution is -3.00. The van der Waals surface area contributed by atoms with E-state index in [0.717, 1.165) is 38.5 Å². The molecule has 0 aliphatic heterocycles. The van der Waals surface area contributed by atoms with Gasteiger partial charge in [0.15, 0.2) is 0 Å². The molecule has 0 radical (unpaired) electrons. The first kappa shape index (κ1) is 41.7. The van der Waals surface area contributed by atoms with E-state index in [4.69, 9.17) is 11.5 Å². The molecule has 9 heteroatoms. The van der Waals surface area contributed by atoms with Crippen molar-refractivity contribution in [1.82, 2.24) is 10.6 Å². The minimum Gasteiger partial charge on any atom is -1.00 e. The number of guanidine groups is 2. The van der Waals surface area contributed by atoms with Crippen LogP contribution in [0.3, 0.4) is 0 Å². The van der Waals surface area contributed by atoms with Crippen LogP contribution in [0, 0.1) is 11.8 Å². The quantitative estimate of drug-likeness (QED) is 0.0422. The molecule has 2 amide bonds. The molecule has 0 saturated carbocycles. The number of nitrogens with one attached hydrogen (secondary N) is 3. The number of rotatable bonds is 17. The second-order valence-corrected chi connectivity index (χ2v) is 11.4. The summed E-state index contributed by atoms with van der Waals surface area (Å²) in [6, 6.07) is 0. The molecule has 8 nitrogen and oxygen atoms in total. The van der Waals surface area contributed by atoms with Crippen LogP contribution in [-0.4, -0.2) is 36.8 Å². The number of nitrogens with two attached hydrogens (primary N) is 2. The Kier molecular flexibility index (Phi) is 24.4. The van der Waals surface area contributed by atoms with Crippen LogP contribution in [0.5, 0.6) is 0 Å². The molecule has 0 aliphatic carbocycles. The Morgan fingerprint density at radius 3 is 1.60 bits per heavy atom. The number of amides is 2. The van der Waals surface area contributed by atoms with Crippen LogP contribution in [0.15, 0.2) is 75.9 Å². The van der Waals surface area contributed by atoms with Crippen LogP contribution in [-0.2, 0) is 9.59 Å². The van der Waals surface area contributed by atoms with E-state index in [-0.39, 0.29) is 36.1 Å². The molecule has 43 heavy (non-hydrogen) atoms. The van der Waals surface area contributed by atoms with Crippen LogP contribution in [0.25, 0.3) is 0 Å². The van der Waals surface area contributed by atoms with Gasteiger partial charge in [-0.15, -0.1) is 0 Å². The largest absolute Gasteiger partial charge is 1.00 e. The topological polar surface area (TPSA) is 137 Å². The van der Waals surface area contributed by atoms with Gasteiger partial charge < -0.3 is 12.4 Å². The Bertz CT molecular complexity index is 1010. The van der Waals surface area contributed by atoms with E-state index in [0.29, 0.717) is 36.1 Å². The molecule has 0 aliphatic rings. The summed E-state index contributed by atoms with van der Waals surface area (Å²) in [5.74, 6) is 0.451. The summed E-state index contributed by atoms with van der Waals surface area (Å²) in [7, 11) is 0. The van der Waals surface area contributed by atoms with Gasteiger partial charge in [-0.05, 0) is 91.9 Å². The highest BCUT2D eigenvalue weighted by Crippen LogP contribution is 2.11. The van der Waals surface area contributed by atoms with Crippen molar-refractivity contribution in [1.29, 1.82) is 0 Å². The molecule has 0 aromatic heterocycles. The van der Waals surface area contributed by atoms with Crippen LogP contribution in [0.4, 0.5) is 0 Å². The summed E-state index contributed by atoms with van der Waals surface area (Å²) in [6.45, 7) is 17.2. The minimum absolute atomic E-state index is 0. The number of nitrogens with zero attached hydrogens (tertiary/aromatic N) is 1. The zero-order valence-electron chi connectivity index (χ0n) is 27.7. The van der Waals surface area contributed by atoms with Gasteiger partial charge in [0.25, 0.3) is 11.8 Å². The van der Waals surface area contributed by atoms with E-state index in [2.05, 4.69) is 86.5 Å². The first-order valence-corrected chi connectivity index (χ1v) is 15.1. The lowest BCUT2D eigenvalue weighted by atomic mass is 10.0. The third-order valence-electron chi connectivity index (χ3n) is 6.29. The van der Waals surface area contributed by atoms with E-state index < -0.39 is 0 Å². The standard InChI is InChI=1S/C34H56N6O2.ClH/c1-25(2)15-11-17-27(5)19-13-21-29(7)31(41)39-34(38-24-10-9-23-37-33(35)36)40-32(42)30(8)22-14-20-28(6)18-12-16-26(3)4;/h13-16,19-22,27-28H,9-12,17-18,23-24H2,1-8H3,(H4,35,36,37)(H2,38,39,40,41,42);1H/b19-13+,20-14+,29-21+,30-22+;/t27-,28-;/m1./s1. The lowest BCUT2D eigenvalue weighted by Gasteiger charge is -2.11. The third-order valence-corrected chi connectivity index (χ3v) is 6.29. The summed E-state index contributed by atoms with van der Waals surface area (Å²) in [4.78, 5) is 33.1. The molecule has 0 spiro atoms. The number of unbranched alkanes of at least 4 members (excludes halogenated alkanes) is 1. The van der Waals surface area contributed by atoms with Crippen LogP contribution in [0.1, 0.15) is 93.9 Å². The van der Waals surface area contributed by atoms with Gasteiger partial charge in [0.05, 0.1) is 6.54 Å². The Balaban J connectivity index is 0. The molecule has 242 valence electrons. The second-order valence-electron chi connectivity index (χ2n) is 11.4. The van der Waals surface area contributed by atoms with Crippen molar-refractivity contribution in [3.05, 3.63) is 70.9 Å². The van der Waals surface area contributed by atoms with Crippen molar-refractivity contribution < 1.29 is 27.0 Å². The van der Waals surface area contributed by atoms with Gasteiger partial charge in [0, 0.05) is 17.7 Å².